The highest BCUT2D eigenvalue weighted by Gasteiger charge is 2.24. The van der Waals surface area contributed by atoms with Gasteiger partial charge >= 0.3 is 0 Å². The van der Waals surface area contributed by atoms with Crippen molar-refractivity contribution in [3.63, 3.8) is 0 Å². The maximum Gasteiger partial charge on any atom is 0.224 e. The summed E-state index contributed by atoms with van der Waals surface area (Å²) in [5.41, 5.74) is 1.93. The number of aliphatic imine (C=N–C) groups is 1. The van der Waals surface area contributed by atoms with E-state index in [1.54, 1.807) is 14.2 Å². The van der Waals surface area contributed by atoms with E-state index in [0.29, 0.717) is 25.4 Å². The minimum absolute atomic E-state index is 0.0420. The van der Waals surface area contributed by atoms with Crippen LogP contribution in [0.3, 0.4) is 0 Å². The number of carbonyl (C=O) groups is 1. The molecule has 0 heterocycles. The summed E-state index contributed by atoms with van der Waals surface area (Å²) in [6.45, 7) is 11.8. The van der Waals surface area contributed by atoms with Gasteiger partial charge in [-0.15, -0.1) is 0 Å². The number of guanidine groups is 1. The van der Waals surface area contributed by atoms with Crippen LogP contribution in [0, 0.1) is 11.3 Å². The Morgan fingerprint density at radius 2 is 1.93 bits per heavy atom. The molecule has 3 N–H and O–H groups in total. The first-order chi connectivity index (χ1) is 12.7. The molecule has 0 saturated carbocycles. The molecular weight excluding hydrogens is 340 g/mol. The van der Waals surface area contributed by atoms with E-state index in [1.165, 1.54) is 0 Å². The highest BCUT2D eigenvalue weighted by Crippen LogP contribution is 2.20. The van der Waals surface area contributed by atoms with Crippen molar-refractivity contribution >= 4 is 17.6 Å². The molecule has 0 saturated heterocycles. The Kier molecular flexibility index (Phi) is 9.29. The van der Waals surface area contributed by atoms with Crippen molar-refractivity contribution in [3.05, 3.63) is 29.8 Å². The first kappa shape index (κ1) is 23.0. The molecule has 6 heteroatoms. The van der Waals surface area contributed by atoms with Gasteiger partial charge < -0.3 is 20.7 Å². The van der Waals surface area contributed by atoms with Gasteiger partial charge in [0, 0.05) is 39.4 Å². The SMILES string of the molecule is CN=C(NCc1cccc(NC(=O)CC(C)C)c1)NCC(OC)C(C)(C)C. The summed E-state index contributed by atoms with van der Waals surface area (Å²) >= 11 is 0. The van der Waals surface area contributed by atoms with Gasteiger partial charge in [0.2, 0.25) is 5.91 Å². The van der Waals surface area contributed by atoms with Crippen molar-refractivity contribution in [2.75, 3.05) is 26.0 Å². The Morgan fingerprint density at radius 3 is 2.48 bits per heavy atom. The Labute approximate surface area is 164 Å². The highest BCUT2D eigenvalue weighted by atomic mass is 16.5. The zero-order chi connectivity index (χ0) is 20.4. The number of ether oxygens (including phenoxy) is 1. The van der Waals surface area contributed by atoms with Crippen LogP contribution in [0.5, 0.6) is 0 Å². The molecule has 27 heavy (non-hydrogen) atoms. The zero-order valence-corrected chi connectivity index (χ0v) is 17.8. The van der Waals surface area contributed by atoms with Crippen LogP contribution in [0.4, 0.5) is 5.69 Å². The predicted octanol–water partition coefficient (Wildman–Crippen LogP) is 3.40. The molecule has 0 aliphatic carbocycles. The van der Waals surface area contributed by atoms with Crippen LogP contribution in [-0.4, -0.2) is 38.7 Å². The van der Waals surface area contributed by atoms with Gasteiger partial charge in [-0.1, -0.05) is 46.8 Å². The summed E-state index contributed by atoms with van der Waals surface area (Å²) in [4.78, 5) is 16.2. The van der Waals surface area contributed by atoms with Crippen molar-refractivity contribution in [3.8, 4) is 0 Å². The van der Waals surface area contributed by atoms with E-state index in [4.69, 9.17) is 4.74 Å². The first-order valence-corrected chi connectivity index (χ1v) is 9.51. The molecule has 1 amide bonds. The molecule has 1 aromatic rings. The molecule has 0 aliphatic heterocycles. The summed E-state index contributed by atoms with van der Waals surface area (Å²) < 4.78 is 5.57. The smallest absolute Gasteiger partial charge is 0.224 e. The topological polar surface area (TPSA) is 74.8 Å². The van der Waals surface area contributed by atoms with Crippen LogP contribution < -0.4 is 16.0 Å². The second kappa shape index (κ2) is 10.9. The first-order valence-electron chi connectivity index (χ1n) is 9.51. The minimum atomic E-state index is 0.0420. The largest absolute Gasteiger partial charge is 0.379 e. The monoisotopic (exact) mass is 376 g/mol. The average Bonchev–Trinajstić information content (AvgIpc) is 2.56. The molecule has 1 aromatic carbocycles. The van der Waals surface area contributed by atoms with Crippen LogP contribution in [0.1, 0.15) is 46.6 Å². The lowest BCUT2D eigenvalue weighted by atomic mass is 9.89. The summed E-state index contributed by atoms with van der Waals surface area (Å²) in [6.07, 6.45) is 0.601. The molecule has 0 bridgehead atoms. The third-order valence-electron chi connectivity index (χ3n) is 4.19. The van der Waals surface area contributed by atoms with Gasteiger partial charge in [0.05, 0.1) is 6.10 Å². The third kappa shape index (κ3) is 8.91. The molecular formula is C21H36N4O2. The average molecular weight is 377 g/mol. The number of hydrogen-bond acceptors (Lipinski definition) is 3. The summed E-state index contributed by atoms with van der Waals surface area (Å²) in [7, 11) is 3.48. The Morgan fingerprint density at radius 1 is 1.22 bits per heavy atom. The van der Waals surface area contributed by atoms with Crippen molar-refractivity contribution in [2.45, 2.75) is 53.7 Å². The van der Waals surface area contributed by atoms with Crippen LogP contribution in [0.25, 0.3) is 0 Å². The molecule has 0 radical (unpaired) electrons. The van der Waals surface area contributed by atoms with E-state index < -0.39 is 0 Å². The van der Waals surface area contributed by atoms with Crippen molar-refractivity contribution < 1.29 is 9.53 Å². The lowest BCUT2D eigenvalue weighted by Gasteiger charge is -2.30. The van der Waals surface area contributed by atoms with Crippen molar-refractivity contribution in [1.29, 1.82) is 0 Å². The molecule has 0 aromatic heterocycles. The fourth-order valence-electron chi connectivity index (χ4n) is 2.68. The summed E-state index contributed by atoms with van der Waals surface area (Å²) in [5.74, 6) is 1.10. The fraction of sp³-hybridized carbons (Fsp3) is 0.619. The van der Waals surface area contributed by atoms with E-state index >= 15 is 0 Å². The lowest BCUT2D eigenvalue weighted by molar-refractivity contribution is -0.116. The number of benzene rings is 1. The number of carbonyl (C=O) groups excluding carboxylic acids is 1. The van der Waals surface area contributed by atoms with Crippen LogP contribution in [0.15, 0.2) is 29.3 Å². The number of anilines is 1. The van der Waals surface area contributed by atoms with Gasteiger partial charge in [0.25, 0.3) is 0 Å². The molecule has 0 fully saturated rings. The Balaban J connectivity index is 2.58. The molecule has 0 aliphatic rings. The van der Waals surface area contributed by atoms with E-state index in [0.717, 1.165) is 17.2 Å². The Bertz CT molecular complexity index is 621. The number of nitrogens with zero attached hydrogens (tertiary/aromatic N) is 1. The van der Waals surface area contributed by atoms with E-state index in [1.807, 2.05) is 38.1 Å². The van der Waals surface area contributed by atoms with Gasteiger partial charge in [0.1, 0.15) is 0 Å². The van der Waals surface area contributed by atoms with Gasteiger partial charge in [-0.2, -0.15) is 0 Å². The van der Waals surface area contributed by atoms with Gasteiger partial charge in [0.15, 0.2) is 5.96 Å². The molecule has 0 spiro atoms. The quantitative estimate of drug-likeness (QED) is 0.480. The molecule has 152 valence electrons. The maximum atomic E-state index is 11.9. The normalized spacial score (nSPS) is 13.4. The van der Waals surface area contributed by atoms with Crippen LogP contribution in [-0.2, 0) is 16.1 Å². The zero-order valence-electron chi connectivity index (χ0n) is 17.8. The van der Waals surface area contributed by atoms with Crippen molar-refractivity contribution in [1.82, 2.24) is 10.6 Å². The summed E-state index contributed by atoms with van der Waals surface area (Å²) in [6, 6.07) is 7.84. The number of amides is 1. The highest BCUT2D eigenvalue weighted by molar-refractivity contribution is 5.90. The van der Waals surface area contributed by atoms with Gasteiger partial charge in [-0.05, 0) is 29.0 Å². The standard InChI is InChI=1S/C21H36N4O2/c1-15(2)11-19(26)25-17-10-8-9-16(12-17)13-23-20(22-6)24-14-18(27-7)21(3,4)5/h8-10,12,15,18H,11,13-14H2,1-7H3,(H,25,26)(H2,22,23,24). The third-order valence-corrected chi connectivity index (χ3v) is 4.19. The van der Waals surface area contributed by atoms with E-state index in [-0.39, 0.29) is 17.4 Å². The van der Waals surface area contributed by atoms with Gasteiger partial charge in [-0.3, -0.25) is 9.79 Å². The lowest BCUT2D eigenvalue weighted by Crippen LogP contribution is -2.45. The number of nitrogens with one attached hydrogen (secondary N) is 3. The second-order valence-corrected chi connectivity index (χ2v) is 8.24. The number of rotatable bonds is 8. The van der Waals surface area contributed by atoms with E-state index in [2.05, 4.69) is 41.7 Å². The van der Waals surface area contributed by atoms with Gasteiger partial charge in [-0.25, -0.2) is 0 Å². The molecule has 1 atom stereocenters. The number of methoxy groups -OCH3 is 1. The van der Waals surface area contributed by atoms with Crippen LogP contribution in [0.2, 0.25) is 0 Å². The Hall–Kier alpha value is -2.08. The predicted molar refractivity (Wildman–Crippen MR) is 113 cm³/mol. The maximum absolute atomic E-state index is 11.9. The molecule has 6 nitrogen and oxygen atoms in total. The minimum Gasteiger partial charge on any atom is -0.379 e. The van der Waals surface area contributed by atoms with Crippen LogP contribution >= 0.6 is 0 Å². The summed E-state index contributed by atoms with van der Waals surface area (Å²) in [5, 5.41) is 9.56. The van der Waals surface area contributed by atoms with E-state index in [9.17, 15) is 4.79 Å². The second-order valence-electron chi connectivity index (χ2n) is 8.24. The van der Waals surface area contributed by atoms with Crippen molar-refractivity contribution in [2.24, 2.45) is 16.3 Å². The molecule has 1 rings (SSSR count). The number of hydrogen-bond donors (Lipinski definition) is 3. The molecule has 1 unspecified atom stereocenters. The fourth-order valence-corrected chi connectivity index (χ4v) is 2.68.